The van der Waals surface area contributed by atoms with Gasteiger partial charge in [0.2, 0.25) is 0 Å². The molecule has 0 spiro atoms. The van der Waals surface area contributed by atoms with Gasteiger partial charge in [0, 0.05) is 6.42 Å². The number of rotatable bonds is 2. The quantitative estimate of drug-likeness (QED) is 0.485. The molecule has 3 aromatic carbocycles. The zero-order valence-electron chi connectivity index (χ0n) is 13.9. The zero-order chi connectivity index (χ0) is 16.0. The molecule has 0 amide bonds. The molecule has 1 aliphatic rings. The number of fused-ring (bicyclic) bond motifs is 2. The van der Waals surface area contributed by atoms with Gasteiger partial charge in [-0.1, -0.05) is 91.6 Å². The Hall–Kier alpha value is -2.12. The number of benzene rings is 3. The van der Waals surface area contributed by atoms with Crippen molar-refractivity contribution < 1.29 is 0 Å². The summed E-state index contributed by atoms with van der Waals surface area (Å²) in [6.45, 7) is 7.25. The third kappa shape index (κ3) is 2.45. The summed E-state index contributed by atoms with van der Waals surface area (Å²) in [5.74, 6) is 0. The van der Waals surface area contributed by atoms with Crippen molar-refractivity contribution in [2.45, 2.75) is 19.6 Å². The van der Waals surface area contributed by atoms with Crippen LogP contribution < -0.4 is 0 Å². The summed E-state index contributed by atoms with van der Waals surface area (Å²) in [4.78, 5) is 0. The summed E-state index contributed by atoms with van der Waals surface area (Å²) in [6.07, 6.45) is 4.83. The van der Waals surface area contributed by atoms with Crippen LogP contribution in [0.25, 0.3) is 28.0 Å². The van der Waals surface area contributed by atoms with E-state index in [4.69, 9.17) is 0 Å². The van der Waals surface area contributed by atoms with Crippen molar-refractivity contribution >= 4 is 24.9 Å². The molecule has 0 saturated heterocycles. The molecule has 0 atom stereocenters. The Morgan fingerprint density at radius 3 is 2.22 bits per heavy atom. The molecule has 1 heteroatoms. The Morgan fingerprint density at radius 1 is 0.696 bits per heavy atom. The Kier molecular flexibility index (Phi) is 3.28. The molecule has 3 aromatic rings. The fourth-order valence-corrected chi connectivity index (χ4v) is 4.53. The topological polar surface area (TPSA) is 0 Å². The standard InChI is InChI=1S/C22H21Si/c1-23(2,3)18-14-17-10-7-13-21(22(17)15-18)20-12-6-9-16-8-4-5-11-19(16)20/h4-15H,1-3H3. The Labute approximate surface area is 139 Å². The van der Waals surface area contributed by atoms with E-state index in [1.54, 1.807) is 5.20 Å². The van der Waals surface area contributed by atoms with Gasteiger partial charge in [0.25, 0.3) is 0 Å². The number of hydrogen-bond donors (Lipinski definition) is 0. The van der Waals surface area contributed by atoms with Gasteiger partial charge < -0.3 is 0 Å². The molecule has 113 valence electrons. The van der Waals surface area contributed by atoms with Crippen LogP contribution in [0.15, 0.2) is 65.9 Å². The smallest absolute Gasteiger partial charge is 0.0722 e. The van der Waals surface area contributed by atoms with Gasteiger partial charge in [-0.15, -0.1) is 0 Å². The minimum Gasteiger partial charge on any atom is -0.0722 e. The first-order valence-corrected chi connectivity index (χ1v) is 11.7. The third-order valence-electron chi connectivity index (χ3n) is 4.70. The highest BCUT2D eigenvalue weighted by Gasteiger charge is 2.26. The van der Waals surface area contributed by atoms with Gasteiger partial charge in [0.1, 0.15) is 0 Å². The molecule has 4 rings (SSSR count). The minimum atomic E-state index is -1.29. The first-order chi connectivity index (χ1) is 11.0. The molecule has 0 saturated carbocycles. The summed E-state index contributed by atoms with van der Waals surface area (Å²) in [5, 5.41) is 4.18. The van der Waals surface area contributed by atoms with Crippen LogP contribution in [0.2, 0.25) is 19.6 Å². The van der Waals surface area contributed by atoms with Gasteiger partial charge in [-0.05, 0) is 33.0 Å². The second-order valence-electron chi connectivity index (χ2n) is 7.33. The Bertz CT molecular complexity index is 921. The molecule has 1 radical (unpaired) electrons. The average molecular weight is 313 g/mol. The highest BCUT2D eigenvalue weighted by molar-refractivity contribution is 6.84. The van der Waals surface area contributed by atoms with E-state index >= 15 is 0 Å². The third-order valence-corrected chi connectivity index (χ3v) is 6.72. The predicted molar refractivity (Wildman–Crippen MR) is 104 cm³/mol. The lowest BCUT2D eigenvalue weighted by Crippen LogP contribution is -2.22. The fourth-order valence-electron chi connectivity index (χ4n) is 3.36. The summed E-state index contributed by atoms with van der Waals surface area (Å²) >= 11 is 0. The molecule has 1 aliphatic carbocycles. The summed E-state index contributed by atoms with van der Waals surface area (Å²) in [6, 6.07) is 22.0. The van der Waals surface area contributed by atoms with Crippen molar-refractivity contribution in [2.24, 2.45) is 0 Å². The first-order valence-electron chi connectivity index (χ1n) is 8.22. The lowest BCUT2D eigenvalue weighted by Gasteiger charge is -2.16. The Morgan fingerprint density at radius 2 is 1.39 bits per heavy atom. The highest BCUT2D eigenvalue weighted by atomic mass is 28.3. The molecule has 23 heavy (non-hydrogen) atoms. The zero-order valence-corrected chi connectivity index (χ0v) is 14.9. The average Bonchev–Trinajstić information content (AvgIpc) is 2.99. The molecule has 0 N–H and O–H groups in total. The van der Waals surface area contributed by atoms with Crippen molar-refractivity contribution in [1.82, 2.24) is 0 Å². The maximum atomic E-state index is 2.43. The Balaban J connectivity index is 1.95. The highest BCUT2D eigenvalue weighted by Crippen LogP contribution is 2.40. The van der Waals surface area contributed by atoms with Gasteiger partial charge in [-0.3, -0.25) is 0 Å². The van der Waals surface area contributed by atoms with E-state index in [1.165, 1.54) is 33.0 Å². The van der Waals surface area contributed by atoms with Crippen molar-refractivity contribution in [3.05, 3.63) is 83.4 Å². The molecule has 0 heterocycles. The van der Waals surface area contributed by atoms with Crippen molar-refractivity contribution in [3.8, 4) is 11.1 Å². The van der Waals surface area contributed by atoms with Crippen molar-refractivity contribution in [2.75, 3.05) is 0 Å². The van der Waals surface area contributed by atoms with Gasteiger partial charge in [0.15, 0.2) is 0 Å². The van der Waals surface area contributed by atoms with Crippen LogP contribution in [0, 0.1) is 6.42 Å². The van der Waals surface area contributed by atoms with Gasteiger partial charge in [-0.25, -0.2) is 0 Å². The maximum absolute atomic E-state index is 2.43. The van der Waals surface area contributed by atoms with Crippen LogP contribution in [0.4, 0.5) is 0 Å². The summed E-state index contributed by atoms with van der Waals surface area (Å²) in [7, 11) is -1.29. The molecule has 0 aliphatic heterocycles. The first kappa shape index (κ1) is 14.5. The fraction of sp³-hybridized carbons (Fsp3) is 0.136. The molecule has 0 nitrogen and oxygen atoms in total. The van der Waals surface area contributed by atoms with Crippen LogP contribution >= 0.6 is 0 Å². The van der Waals surface area contributed by atoms with E-state index in [0.29, 0.717) is 0 Å². The van der Waals surface area contributed by atoms with Gasteiger partial charge in [0.05, 0.1) is 8.07 Å². The lowest BCUT2D eigenvalue weighted by molar-refractivity contribution is 1.51. The summed E-state index contributed by atoms with van der Waals surface area (Å²) in [5.41, 5.74) is 5.44. The number of hydrogen-bond acceptors (Lipinski definition) is 0. The van der Waals surface area contributed by atoms with E-state index in [2.05, 4.69) is 92.8 Å². The van der Waals surface area contributed by atoms with E-state index in [0.717, 1.165) is 0 Å². The van der Waals surface area contributed by atoms with Crippen LogP contribution in [0.3, 0.4) is 0 Å². The SMILES string of the molecule is C[Si](C)(C)C1=Cc2c(cccc2-c2cccc3ccccc23)[CH]1. The van der Waals surface area contributed by atoms with E-state index in [-0.39, 0.29) is 0 Å². The van der Waals surface area contributed by atoms with E-state index in [1.807, 2.05) is 0 Å². The molecular formula is C22H21Si. The van der Waals surface area contributed by atoms with E-state index in [9.17, 15) is 0 Å². The van der Waals surface area contributed by atoms with E-state index < -0.39 is 8.07 Å². The molecular weight excluding hydrogens is 292 g/mol. The van der Waals surface area contributed by atoms with Crippen molar-refractivity contribution in [1.29, 1.82) is 0 Å². The number of allylic oxidation sites excluding steroid dienone is 1. The molecule has 0 unspecified atom stereocenters. The largest absolute Gasteiger partial charge is 0.0733 e. The van der Waals surface area contributed by atoms with Crippen LogP contribution in [-0.4, -0.2) is 8.07 Å². The molecule has 0 fully saturated rings. The maximum Gasteiger partial charge on any atom is 0.0733 e. The van der Waals surface area contributed by atoms with Gasteiger partial charge >= 0.3 is 0 Å². The monoisotopic (exact) mass is 313 g/mol. The summed E-state index contributed by atoms with van der Waals surface area (Å²) < 4.78 is 0. The molecule has 0 bridgehead atoms. The second kappa shape index (κ2) is 5.21. The van der Waals surface area contributed by atoms with Crippen molar-refractivity contribution in [3.63, 3.8) is 0 Å². The van der Waals surface area contributed by atoms with Crippen LogP contribution in [-0.2, 0) is 0 Å². The minimum absolute atomic E-state index is 1.29. The normalized spacial score (nSPS) is 14.0. The molecule has 0 aromatic heterocycles. The van der Waals surface area contributed by atoms with Crippen LogP contribution in [0.1, 0.15) is 11.1 Å². The lowest BCUT2D eigenvalue weighted by atomic mass is 9.93. The second-order valence-corrected chi connectivity index (χ2v) is 12.4. The van der Waals surface area contributed by atoms with Crippen LogP contribution in [0.5, 0.6) is 0 Å². The van der Waals surface area contributed by atoms with Gasteiger partial charge in [-0.2, -0.15) is 0 Å². The predicted octanol–water partition coefficient (Wildman–Crippen LogP) is 6.33.